The van der Waals surface area contributed by atoms with Gasteiger partial charge in [-0.3, -0.25) is 0 Å². The summed E-state index contributed by atoms with van der Waals surface area (Å²) in [5, 5.41) is 9.57. The first-order valence-electron chi connectivity index (χ1n) is 4.88. The molecule has 0 radical (unpaired) electrons. The van der Waals surface area contributed by atoms with Gasteiger partial charge in [0.25, 0.3) is 0 Å². The van der Waals surface area contributed by atoms with E-state index in [2.05, 4.69) is 26.8 Å². The highest BCUT2D eigenvalue weighted by atomic mass is 16.3. The maximum absolute atomic E-state index is 9.57. The largest absolute Gasteiger partial charge is 0.508 e. The summed E-state index contributed by atoms with van der Waals surface area (Å²) in [6, 6.07) is 3.99. The van der Waals surface area contributed by atoms with Crippen LogP contribution in [0.15, 0.2) is 12.1 Å². The van der Waals surface area contributed by atoms with Crippen LogP contribution in [0.4, 0.5) is 0 Å². The van der Waals surface area contributed by atoms with E-state index in [9.17, 15) is 5.11 Å². The normalized spacial score (nSPS) is 10.8. The van der Waals surface area contributed by atoms with Crippen molar-refractivity contribution in [3.8, 4) is 5.75 Å². The zero-order chi connectivity index (χ0) is 10.0. The molecule has 0 saturated carbocycles. The summed E-state index contributed by atoms with van der Waals surface area (Å²) in [7, 11) is 0. The van der Waals surface area contributed by atoms with Crippen LogP contribution in [-0.4, -0.2) is 5.11 Å². The molecular weight excluding hydrogens is 160 g/mol. The summed E-state index contributed by atoms with van der Waals surface area (Å²) in [5.74, 6) is 0.905. The van der Waals surface area contributed by atoms with Crippen LogP contribution in [0.1, 0.15) is 43.4 Å². The van der Waals surface area contributed by atoms with Crippen LogP contribution in [-0.2, 0) is 6.42 Å². The van der Waals surface area contributed by atoms with E-state index in [0.29, 0.717) is 11.7 Å². The number of hydrogen-bond donors (Lipinski definition) is 1. The SMILES string of the molecule is CCc1cc(C)c(O)cc1C(C)C. The lowest BCUT2D eigenvalue weighted by Crippen LogP contribution is -1.96. The highest BCUT2D eigenvalue weighted by molar-refractivity contribution is 5.42. The molecule has 0 heterocycles. The van der Waals surface area contributed by atoms with Crippen molar-refractivity contribution in [2.75, 3.05) is 0 Å². The average Bonchev–Trinajstić information content (AvgIpc) is 2.08. The van der Waals surface area contributed by atoms with Crippen molar-refractivity contribution in [3.63, 3.8) is 0 Å². The van der Waals surface area contributed by atoms with Crippen molar-refractivity contribution >= 4 is 0 Å². The van der Waals surface area contributed by atoms with E-state index in [-0.39, 0.29) is 0 Å². The standard InChI is InChI=1S/C12H18O/c1-5-10-6-9(4)12(13)7-11(10)8(2)3/h6-8,13H,5H2,1-4H3. The molecule has 0 atom stereocenters. The Hall–Kier alpha value is -0.980. The summed E-state index contributed by atoms with van der Waals surface area (Å²) < 4.78 is 0. The minimum atomic E-state index is 0.418. The molecule has 0 unspecified atom stereocenters. The van der Waals surface area contributed by atoms with Gasteiger partial charge in [0.05, 0.1) is 0 Å². The lowest BCUT2D eigenvalue weighted by atomic mass is 9.93. The van der Waals surface area contributed by atoms with Crippen LogP contribution < -0.4 is 0 Å². The third-order valence-corrected chi connectivity index (χ3v) is 2.46. The van der Waals surface area contributed by atoms with Crippen molar-refractivity contribution in [1.82, 2.24) is 0 Å². The molecule has 1 N–H and O–H groups in total. The lowest BCUT2D eigenvalue weighted by Gasteiger charge is -2.13. The number of benzene rings is 1. The summed E-state index contributed by atoms with van der Waals surface area (Å²) in [4.78, 5) is 0. The average molecular weight is 178 g/mol. The highest BCUT2D eigenvalue weighted by Crippen LogP contribution is 2.27. The minimum Gasteiger partial charge on any atom is -0.508 e. The molecular formula is C12H18O. The molecule has 0 aliphatic carbocycles. The topological polar surface area (TPSA) is 20.2 Å². The summed E-state index contributed by atoms with van der Waals surface area (Å²) in [6.45, 7) is 8.41. The van der Waals surface area contributed by atoms with Gasteiger partial charge in [0, 0.05) is 0 Å². The van der Waals surface area contributed by atoms with E-state index >= 15 is 0 Å². The molecule has 0 fully saturated rings. The number of aromatic hydroxyl groups is 1. The monoisotopic (exact) mass is 178 g/mol. The Bertz CT molecular complexity index is 300. The van der Waals surface area contributed by atoms with Crippen molar-refractivity contribution in [2.45, 2.75) is 40.0 Å². The molecule has 0 aliphatic rings. The Kier molecular flexibility index (Phi) is 2.97. The molecule has 1 heteroatoms. The first-order chi connectivity index (χ1) is 6.06. The number of phenolic OH excluding ortho intramolecular Hbond substituents is 1. The van der Waals surface area contributed by atoms with Crippen molar-refractivity contribution < 1.29 is 5.11 Å². The van der Waals surface area contributed by atoms with Gasteiger partial charge in [-0.2, -0.15) is 0 Å². The van der Waals surface area contributed by atoms with Gasteiger partial charge >= 0.3 is 0 Å². The second kappa shape index (κ2) is 3.82. The number of phenols is 1. The zero-order valence-electron chi connectivity index (χ0n) is 8.89. The Balaban J connectivity index is 3.25. The molecule has 0 aromatic heterocycles. The Labute approximate surface area is 80.4 Å². The van der Waals surface area contributed by atoms with Gasteiger partial charge in [0.1, 0.15) is 5.75 Å². The number of hydrogen-bond acceptors (Lipinski definition) is 1. The Morgan fingerprint density at radius 2 is 1.92 bits per heavy atom. The van der Waals surface area contributed by atoms with Gasteiger partial charge in [-0.15, -0.1) is 0 Å². The Morgan fingerprint density at radius 1 is 1.31 bits per heavy atom. The van der Waals surface area contributed by atoms with Crippen molar-refractivity contribution in [1.29, 1.82) is 0 Å². The van der Waals surface area contributed by atoms with Crippen molar-refractivity contribution in [3.05, 3.63) is 28.8 Å². The molecule has 1 nitrogen and oxygen atoms in total. The molecule has 0 spiro atoms. The number of rotatable bonds is 2. The van der Waals surface area contributed by atoms with E-state index in [1.165, 1.54) is 11.1 Å². The van der Waals surface area contributed by atoms with Gasteiger partial charge < -0.3 is 5.11 Å². The van der Waals surface area contributed by atoms with Crippen LogP contribution in [0.25, 0.3) is 0 Å². The molecule has 1 rings (SSSR count). The fourth-order valence-electron chi connectivity index (χ4n) is 1.62. The van der Waals surface area contributed by atoms with Crippen LogP contribution in [0, 0.1) is 6.92 Å². The second-order valence-electron chi connectivity index (χ2n) is 3.85. The summed E-state index contributed by atoms with van der Waals surface area (Å²) in [6.07, 6.45) is 1.04. The quantitative estimate of drug-likeness (QED) is 0.736. The van der Waals surface area contributed by atoms with Crippen LogP contribution in [0.3, 0.4) is 0 Å². The molecule has 0 bridgehead atoms. The van der Waals surface area contributed by atoms with Gasteiger partial charge in [-0.1, -0.05) is 26.8 Å². The van der Waals surface area contributed by atoms with E-state index < -0.39 is 0 Å². The third-order valence-electron chi connectivity index (χ3n) is 2.46. The molecule has 0 aliphatic heterocycles. The first-order valence-corrected chi connectivity index (χ1v) is 4.88. The first kappa shape index (κ1) is 10.1. The molecule has 13 heavy (non-hydrogen) atoms. The van der Waals surface area contributed by atoms with E-state index in [4.69, 9.17) is 0 Å². The number of aryl methyl sites for hydroxylation is 2. The Morgan fingerprint density at radius 3 is 2.38 bits per heavy atom. The van der Waals surface area contributed by atoms with Crippen molar-refractivity contribution in [2.24, 2.45) is 0 Å². The van der Waals surface area contributed by atoms with Gasteiger partial charge in [-0.05, 0) is 42.0 Å². The maximum atomic E-state index is 9.57. The minimum absolute atomic E-state index is 0.418. The molecule has 0 saturated heterocycles. The van der Waals surface area contributed by atoms with Gasteiger partial charge in [0.15, 0.2) is 0 Å². The fourth-order valence-corrected chi connectivity index (χ4v) is 1.62. The maximum Gasteiger partial charge on any atom is 0.118 e. The predicted molar refractivity (Wildman–Crippen MR) is 56.3 cm³/mol. The zero-order valence-corrected chi connectivity index (χ0v) is 8.89. The van der Waals surface area contributed by atoms with E-state index in [1.807, 2.05) is 13.0 Å². The predicted octanol–water partition coefficient (Wildman–Crippen LogP) is 3.39. The highest BCUT2D eigenvalue weighted by Gasteiger charge is 2.08. The third kappa shape index (κ3) is 2.03. The molecule has 1 aromatic carbocycles. The smallest absolute Gasteiger partial charge is 0.118 e. The molecule has 72 valence electrons. The fraction of sp³-hybridized carbons (Fsp3) is 0.500. The van der Waals surface area contributed by atoms with E-state index in [0.717, 1.165) is 12.0 Å². The summed E-state index contributed by atoms with van der Waals surface area (Å²) in [5.41, 5.74) is 3.59. The van der Waals surface area contributed by atoms with E-state index in [1.54, 1.807) is 0 Å². The van der Waals surface area contributed by atoms with Gasteiger partial charge in [0.2, 0.25) is 0 Å². The summed E-state index contributed by atoms with van der Waals surface area (Å²) >= 11 is 0. The van der Waals surface area contributed by atoms with Gasteiger partial charge in [-0.25, -0.2) is 0 Å². The lowest BCUT2D eigenvalue weighted by molar-refractivity contribution is 0.469. The molecule has 1 aromatic rings. The van der Waals surface area contributed by atoms with Crippen LogP contribution in [0.5, 0.6) is 5.75 Å². The van der Waals surface area contributed by atoms with Crippen LogP contribution in [0.2, 0.25) is 0 Å². The second-order valence-corrected chi connectivity index (χ2v) is 3.85. The van der Waals surface area contributed by atoms with Crippen LogP contribution >= 0.6 is 0 Å². The molecule has 0 amide bonds.